The average molecular weight is 272 g/mol. The Morgan fingerprint density at radius 2 is 1.95 bits per heavy atom. The van der Waals surface area contributed by atoms with Crippen LogP contribution >= 0.6 is 0 Å². The minimum Gasteiger partial charge on any atom is -0.375 e. The molecule has 2 heteroatoms. The molecule has 0 amide bonds. The van der Waals surface area contributed by atoms with Gasteiger partial charge in [-0.3, -0.25) is 4.79 Å². The fourth-order valence-corrected chi connectivity index (χ4v) is 3.79. The Labute approximate surface area is 121 Å². The molecule has 20 heavy (non-hydrogen) atoms. The van der Waals surface area contributed by atoms with Crippen LogP contribution < -0.4 is 0 Å². The molecule has 3 rings (SSSR count). The molecule has 1 saturated carbocycles. The molecule has 0 aromatic heterocycles. The number of rotatable bonds is 4. The summed E-state index contributed by atoms with van der Waals surface area (Å²) in [5, 5.41) is 0. The van der Waals surface area contributed by atoms with Crippen LogP contribution in [0.5, 0.6) is 0 Å². The molecule has 0 radical (unpaired) electrons. The Bertz CT molecular complexity index is 446. The van der Waals surface area contributed by atoms with Gasteiger partial charge in [-0.2, -0.15) is 0 Å². The normalized spacial score (nSPS) is 24.9. The Morgan fingerprint density at radius 1 is 1.20 bits per heavy atom. The van der Waals surface area contributed by atoms with Crippen molar-refractivity contribution in [3.8, 4) is 0 Å². The van der Waals surface area contributed by atoms with Gasteiger partial charge >= 0.3 is 0 Å². The third-order valence-corrected chi connectivity index (χ3v) is 4.97. The molecule has 1 aliphatic heterocycles. The third kappa shape index (κ3) is 3.12. The molecule has 2 aliphatic rings. The zero-order chi connectivity index (χ0) is 13.8. The van der Waals surface area contributed by atoms with Gasteiger partial charge in [0.2, 0.25) is 0 Å². The van der Waals surface area contributed by atoms with Crippen molar-refractivity contribution >= 4 is 5.78 Å². The van der Waals surface area contributed by atoms with Gasteiger partial charge in [0.25, 0.3) is 0 Å². The van der Waals surface area contributed by atoms with Gasteiger partial charge in [0, 0.05) is 18.9 Å². The Balaban J connectivity index is 1.54. The number of hydrogen-bond donors (Lipinski definition) is 0. The summed E-state index contributed by atoms with van der Waals surface area (Å²) in [7, 11) is 0. The molecule has 108 valence electrons. The zero-order valence-electron chi connectivity index (χ0n) is 12.1. The maximum atomic E-state index is 12.5. The average Bonchev–Trinajstić information content (AvgIpc) is 2.93. The first-order chi connectivity index (χ1) is 9.77. The second-order valence-corrected chi connectivity index (χ2v) is 6.38. The van der Waals surface area contributed by atoms with E-state index in [9.17, 15) is 4.79 Å². The predicted octanol–water partition coefficient (Wildman–Crippen LogP) is 3.93. The fourth-order valence-electron chi connectivity index (χ4n) is 3.79. The second-order valence-electron chi connectivity index (χ2n) is 6.38. The Kier molecular flexibility index (Phi) is 4.21. The molecule has 1 aromatic carbocycles. The smallest absolute Gasteiger partial charge is 0.136 e. The maximum absolute atomic E-state index is 12.5. The molecule has 2 nitrogen and oxygen atoms in total. The van der Waals surface area contributed by atoms with E-state index in [0.717, 1.165) is 38.7 Å². The lowest BCUT2D eigenvalue weighted by atomic mass is 9.81. The van der Waals surface area contributed by atoms with Crippen LogP contribution in [0.1, 0.15) is 50.5 Å². The summed E-state index contributed by atoms with van der Waals surface area (Å²) in [6.07, 6.45) is 8.32. The van der Waals surface area contributed by atoms with E-state index < -0.39 is 0 Å². The number of aryl methyl sites for hydroxylation is 1. The van der Waals surface area contributed by atoms with Gasteiger partial charge in [-0.25, -0.2) is 0 Å². The molecular formula is C18H24O2. The van der Waals surface area contributed by atoms with E-state index in [1.807, 2.05) is 18.2 Å². The van der Waals surface area contributed by atoms with Crippen LogP contribution in [0, 0.1) is 5.92 Å². The van der Waals surface area contributed by atoms with Gasteiger partial charge in [-0.1, -0.05) is 43.2 Å². The van der Waals surface area contributed by atoms with Crippen LogP contribution in [-0.4, -0.2) is 18.0 Å². The van der Waals surface area contributed by atoms with Crippen LogP contribution in [0.15, 0.2) is 30.3 Å². The highest BCUT2D eigenvalue weighted by molar-refractivity contribution is 5.81. The van der Waals surface area contributed by atoms with Gasteiger partial charge in [-0.05, 0) is 37.7 Å². The van der Waals surface area contributed by atoms with E-state index in [0.29, 0.717) is 12.2 Å². The topological polar surface area (TPSA) is 26.3 Å². The predicted molar refractivity (Wildman–Crippen MR) is 79.6 cm³/mol. The zero-order valence-corrected chi connectivity index (χ0v) is 12.1. The Hall–Kier alpha value is -1.15. The summed E-state index contributed by atoms with van der Waals surface area (Å²) >= 11 is 0. The molecule has 1 saturated heterocycles. The van der Waals surface area contributed by atoms with Crippen molar-refractivity contribution in [2.75, 3.05) is 6.61 Å². The summed E-state index contributed by atoms with van der Waals surface area (Å²) in [6, 6.07) is 10.3. The van der Waals surface area contributed by atoms with Crippen molar-refractivity contribution in [2.45, 2.75) is 57.0 Å². The second kappa shape index (κ2) is 6.09. The lowest BCUT2D eigenvalue weighted by molar-refractivity contribution is -0.136. The van der Waals surface area contributed by atoms with E-state index in [-0.39, 0.29) is 11.5 Å². The van der Waals surface area contributed by atoms with Gasteiger partial charge in [-0.15, -0.1) is 0 Å². The van der Waals surface area contributed by atoms with Gasteiger partial charge < -0.3 is 4.74 Å². The van der Waals surface area contributed by atoms with Crippen LogP contribution in [0.25, 0.3) is 0 Å². The number of Topliss-reactive ketones (excluding diaryl/α,β-unsaturated/α-hetero) is 1. The fraction of sp³-hybridized carbons (Fsp3) is 0.611. The van der Waals surface area contributed by atoms with Gasteiger partial charge in [0.1, 0.15) is 5.78 Å². The highest BCUT2D eigenvalue weighted by atomic mass is 16.5. The van der Waals surface area contributed by atoms with Crippen molar-refractivity contribution in [2.24, 2.45) is 5.92 Å². The SMILES string of the molecule is O=C(CCc1ccccc1)C1CCOC2(CCCC2)C1. The monoisotopic (exact) mass is 272 g/mol. The summed E-state index contributed by atoms with van der Waals surface area (Å²) in [5.41, 5.74) is 1.33. The molecular weight excluding hydrogens is 248 g/mol. The van der Waals surface area contributed by atoms with E-state index in [4.69, 9.17) is 4.74 Å². The van der Waals surface area contributed by atoms with Gasteiger partial charge in [0.05, 0.1) is 5.60 Å². The number of benzene rings is 1. The summed E-state index contributed by atoms with van der Waals surface area (Å²) < 4.78 is 6.02. The molecule has 1 unspecified atom stereocenters. The van der Waals surface area contributed by atoms with Crippen LogP contribution in [0.2, 0.25) is 0 Å². The van der Waals surface area contributed by atoms with Crippen molar-refractivity contribution < 1.29 is 9.53 Å². The number of carbonyl (C=O) groups excluding carboxylic acids is 1. The minimum absolute atomic E-state index is 0.0608. The van der Waals surface area contributed by atoms with E-state index in [1.165, 1.54) is 18.4 Å². The summed E-state index contributed by atoms with van der Waals surface area (Å²) in [4.78, 5) is 12.5. The Morgan fingerprint density at radius 3 is 2.70 bits per heavy atom. The van der Waals surface area contributed by atoms with E-state index >= 15 is 0 Å². The number of hydrogen-bond acceptors (Lipinski definition) is 2. The maximum Gasteiger partial charge on any atom is 0.136 e. The summed E-state index contributed by atoms with van der Waals surface area (Å²) in [5.74, 6) is 0.689. The molecule has 0 N–H and O–H groups in total. The lowest BCUT2D eigenvalue weighted by Crippen LogP contribution is -2.39. The standard InChI is InChI=1S/C18H24O2/c19-17(9-8-15-6-2-1-3-7-15)16-10-13-20-18(14-16)11-4-5-12-18/h1-3,6-7,16H,4-5,8-14H2. The van der Waals surface area contributed by atoms with Crippen LogP contribution in [-0.2, 0) is 16.0 Å². The largest absolute Gasteiger partial charge is 0.375 e. The minimum atomic E-state index is 0.0608. The lowest BCUT2D eigenvalue weighted by Gasteiger charge is -2.37. The number of ketones is 1. The van der Waals surface area contributed by atoms with Crippen molar-refractivity contribution in [1.29, 1.82) is 0 Å². The highest BCUT2D eigenvalue weighted by Gasteiger charge is 2.41. The molecule has 2 fully saturated rings. The number of carbonyl (C=O) groups is 1. The van der Waals surface area contributed by atoms with E-state index in [2.05, 4.69) is 12.1 Å². The summed E-state index contributed by atoms with van der Waals surface area (Å²) in [6.45, 7) is 0.780. The molecule has 1 aliphatic carbocycles. The molecule has 1 spiro atoms. The molecule has 1 heterocycles. The van der Waals surface area contributed by atoms with Crippen LogP contribution in [0.3, 0.4) is 0 Å². The molecule has 1 atom stereocenters. The van der Waals surface area contributed by atoms with Crippen molar-refractivity contribution in [1.82, 2.24) is 0 Å². The first kappa shape index (κ1) is 13.8. The van der Waals surface area contributed by atoms with Gasteiger partial charge in [0.15, 0.2) is 0 Å². The quantitative estimate of drug-likeness (QED) is 0.830. The van der Waals surface area contributed by atoms with Crippen LogP contribution in [0.4, 0.5) is 0 Å². The number of ether oxygens (including phenoxy) is 1. The first-order valence-electron chi connectivity index (χ1n) is 7.98. The van der Waals surface area contributed by atoms with Crippen molar-refractivity contribution in [3.05, 3.63) is 35.9 Å². The highest BCUT2D eigenvalue weighted by Crippen LogP contribution is 2.42. The first-order valence-corrected chi connectivity index (χ1v) is 7.98. The van der Waals surface area contributed by atoms with Crippen molar-refractivity contribution in [3.63, 3.8) is 0 Å². The molecule has 1 aromatic rings. The third-order valence-electron chi connectivity index (χ3n) is 4.97. The van der Waals surface area contributed by atoms with E-state index in [1.54, 1.807) is 0 Å². The molecule has 0 bridgehead atoms.